The van der Waals surface area contributed by atoms with Crippen molar-refractivity contribution < 1.29 is 4.74 Å². The lowest BCUT2D eigenvalue weighted by Crippen LogP contribution is -2.39. The number of nitrogens with zero attached hydrogens (tertiary/aromatic N) is 2. The molecule has 5 nitrogen and oxygen atoms in total. The Balaban J connectivity index is 2.19. The van der Waals surface area contributed by atoms with E-state index in [2.05, 4.69) is 28.7 Å². The zero-order chi connectivity index (χ0) is 13.4. The summed E-state index contributed by atoms with van der Waals surface area (Å²) in [7, 11) is 0. The highest BCUT2D eigenvalue weighted by Gasteiger charge is 2.13. The summed E-state index contributed by atoms with van der Waals surface area (Å²) in [5, 5.41) is 3.04. The van der Waals surface area contributed by atoms with Gasteiger partial charge < -0.3 is 15.8 Å². The Morgan fingerprint density at radius 2 is 2.17 bits per heavy atom. The number of ether oxygens (including phenoxy) is 1. The molecule has 1 heterocycles. The zero-order valence-electron chi connectivity index (χ0n) is 11.6. The van der Waals surface area contributed by atoms with Crippen molar-refractivity contribution in [2.75, 3.05) is 45.9 Å². The van der Waals surface area contributed by atoms with Gasteiger partial charge in [0.25, 0.3) is 0 Å². The molecule has 1 fully saturated rings. The molecular formula is C13H26N4O. The Morgan fingerprint density at radius 1 is 1.50 bits per heavy atom. The van der Waals surface area contributed by atoms with Crippen LogP contribution in [0.15, 0.2) is 17.1 Å². The van der Waals surface area contributed by atoms with Gasteiger partial charge >= 0.3 is 0 Å². The Kier molecular flexibility index (Phi) is 6.75. The Morgan fingerprint density at radius 3 is 2.78 bits per heavy atom. The molecule has 0 aromatic rings. The molecule has 1 aliphatic heterocycles. The van der Waals surface area contributed by atoms with Crippen molar-refractivity contribution in [3.63, 3.8) is 0 Å². The molecule has 104 valence electrons. The molecule has 1 aliphatic rings. The van der Waals surface area contributed by atoms with Gasteiger partial charge in [-0.05, 0) is 12.8 Å². The standard InChI is InChI=1S/C13H26N4O/c1-11(2)8-15-13(14)16-9-12(3)10-17-4-6-18-7-5-17/h12H,1,4-10H2,2-3H3,(H3,14,15,16). The summed E-state index contributed by atoms with van der Waals surface area (Å²) in [4.78, 5) is 6.76. The van der Waals surface area contributed by atoms with E-state index in [0.717, 1.165) is 45.0 Å². The lowest BCUT2D eigenvalue weighted by Gasteiger charge is -2.28. The van der Waals surface area contributed by atoms with Crippen LogP contribution >= 0.6 is 0 Å². The smallest absolute Gasteiger partial charge is 0.188 e. The van der Waals surface area contributed by atoms with Crippen LogP contribution in [0.2, 0.25) is 0 Å². The van der Waals surface area contributed by atoms with Gasteiger partial charge in [-0.2, -0.15) is 0 Å². The topological polar surface area (TPSA) is 62.9 Å². The van der Waals surface area contributed by atoms with Gasteiger partial charge in [-0.1, -0.05) is 19.1 Å². The van der Waals surface area contributed by atoms with Gasteiger partial charge in [0, 0.05) is 32.7 Å². The van der Waals surface area contributed by atoms with Crippen molar-refractivity contribution in [1.82, 2.24) is 10.2 Å². The number of hydrogen-bond acceptors (Lipinski definition) is 3. The predicted octanol–water partition coefficient (Wildman–Crippen LogP) is 0.435. The van der Waals surface area contributed by atoms with Crippen LogP contribution in [0.3, 0.4) is 0 Å². The second-order valence-electron chi connectivity index (χ2n) is 5.05. The summed E-state index contributed by atoms with van der Waals surface area (Å²) in [6.07, 6.45) is 0. The minimum Gasteiger partial charge on any atom is -0.379 e. The Hall–Kier alpha value is -1.07. The summed E-state index contributed by atoms with van der Waals surface area (Å²) in [5.74, 6) is 1.01. The van der Waals surface area contributed by atoms with Crippen molar-refractivity contribution in [2.24, 2.45) is 16.6 Å². The number of nitrogens with one attached hydrogen (secondary N) is 1. The highest BCUT2D eigenvalue weighted by Crippen LogP contribution is 2.03. The molecule has 1 saturated heterocycles. The van der Waals surface area contributed by atoms with Gasteiger partial charge in [-0.15, -0.1) is 0 Å². The van der Waals surface area contributed by atoms with Crippen LogP contribution in [0, 0.1) is 5.92 Å². The molecule has 1 atom stereocenters. The van der Waals surface area contributed by atoms with Crippen LogP contribution < -0.4 is 11.1 Å². The fraction of sp³-hybridized carbons (Fsp3) is 0.769. The SMILES string of the molecule is C=C(C)CNC(N)=NCC(C)CN1CCOCC1. The molecule has 0 saturated carbocycles. The number of hydrogen-bond donors (Lipinski definition) is 2. The van der Waals surface area contributed by atoms with Crippen LogP contribution in [-0.2, 0) is 4.74 Å². The molecule has 18 heavy (non-hydrogen) atoms. The van der Waals surface area contributed by atoms with E-state index in [9.17, 15) is 0 Å². The molecule has 0 aromatic heterocycles. The van der Waals surface area contributed by atoms with Crippen LogP contribution in [0.5, 0.6) is 0 Å². The summed E-state index contributed by atoms with van der Waals surface area (Å²) < 4.78 is 5.33. The quantitative estimate of drug-likeness (QED) is 0.410. The second-order valence-corrected chi connectivity index (χ2v) is 5.05. The molecule has 1 unspecified atom stereocenters. The highest BCUT2D eigenvalue weighted by molar-refractivity contribution is 5.78. The maximum Gasteiger partial charge on any atom is 0.188 e. The van der Waals surface area contributed by atoms with Crippen molar-refractivity contribution in [3.8, 4) is 0 Å². The first-order chi connectivity index (χ1) is 8.58. The van der Waals surface area contributed by atoms with Gasteiger partial charge in [0.2, 0.25) is 0 Å². The van der Waals surface area contributed by atoms with Crippen molar-refractivity contribution in [2.45, 2.75) is 13.8 Å². The molecule has 5 heteroatoms. The van der Waals surface area contributed by atoms with Gasteiger partial charge in [-0.25, -0.2) is 0 Å². The average molecular weight is 254 g/mol. The van der Waals surface area contributed by atoms with Crippen LogP contribution in [0.1, 0.15) is 13.8 Å². The molecule has 1 rings (SSSR count). The third kappa shape index (κ3) is 6.61. The summed E-state index contributed by atoms with van der Waals surface area (Å²) in [6, 6.07) is 0. The highest BCUT2D eigenvalue weighted by atomic mass is 16.5. The van der Waals surface area contributed by atoms with Crippen LogP contribution in [0.25, 0.3) is 0 Å². The van der Waals surface area contributed by atoms with Crippen molar-refractivity contribution in [1.29, 1.82) is 0 Å². The van der Waals surface area contributed by atoms with E-state index < -0.39 is 0 Å². The second kappa shape index (κ2) is 8.11. The third-order valence-corrected chi connectivity index (χ3v) is 2.82. The number of rotatable bonds is 6. The first-order valence-electron chi connectivity index (χ1n) is 6.56. The van der Waals surface area contributed by atoms with E-state index in [1.807, 2.05) is 6.92 Å². The van der Waals surface area contributed by atoms with Gasteiger partial charge in [0.15, 0.2) is 5.96 Å². The minimum atomic E-state index is 0.506. The summed E-state index contributed by atoms with van der Waals surface area (Å²) in [6.45, 7) is 14.2. The molecule has 0 amide bonds. The lowest BCUT2D eigenvalue weighted by molar-refractivity contribution is 0.0323. The molecule has 3 N–H and O–H groups in total. The van der Waals surface area contributed by atoms with E-state index in [4.69, 9.17) is 10.5 Å². The molecule has 0 spiro atoms. The third-order valence-electron chi connectivity index (χ3n) is 2.82. The average Bonchev–Trinajstić information content (AvgIpc) is 2.35. The summed E-state index contributed by atoms with van der Waals surface area (Å²) >= 11 is 0. The maximum atomic E-state index is 5.77. The van der Waals surface area contributed by atoms with Gasteiger partial charge in [-0.3, -0.25) is 9.89 Å². The Bertz CT molecular complexity index is 285. The number of guanidine groups is 1. The molecule has 0 aliphatic carbocycles. The van der Waals surface area contributed by atoms with Crippen molar-refractivity contribution in [3.05, 3.63) is 12.2 Å². The lowest BCUT2D eigenvalue weighted by atomic mass is 10.1. The van der Waals surface area contributed by atoms with Crippen molar-refractivity contribution >= 4 is 5.96 Å². The largest absolute Gasteiger partial charge is 0.379 e. The molecular weight excluding hydrogens is 228 g/mol. The normalized spacial score (nSPS) is 19.6. The fourth-order valence-electron chi connectivity index (χ4n) is 1.83. The number of nitrogens with two attached hydrogens (primary N) is 1. The number of morpholine rings is 1. The fourth-order valence-corrected chi connectivity index (χ4v) is 1.83. The van der Waals surface area contributed by atoms with Gasteiger partial charge in [0.05, 0.1) is 13.2 Å². The molecule has 0 aromatic carbocycles. The van der Waals surface area contributed by atoms with E-state index in [1.54, 1.807) is 0 Å². The molecule has 0 bridgehead atoms. The monoisotopic (exact) mass is 254 g/mol. The number of aliphatic imine (C=N–C) groups is 1. The van der Waals surface area contributed by atoms with E-state index in [-0.39, 0.29) is 0 Å². The zero-order valence-corrected chi connectivity index (χ0v) is 11.6. The van der Waals surface area contributed by atoms with Crippen LogP contribution in [-0.4, -0.2) is 56.8 Å². The minimum absolute atomic E-state index is 0.506. The first-order valence-corrected chi connectivity index (χ1v) is 6.56. The van der Waals surface area contributed by atoms with Gasteiger partial charge in [0.1, 0.15) is 0 Å². The van der Waals surface area contributed by atoms with E-state index in [0.29, 0.717) is 18.4 Å². The maximum absolute atomic E-state index is 5.77. The summed E-state index contributed by atoms with van der Waals surface area (Å²) in [5.41, 5.74) is 6.82. The molecule has 0 radical (unpaired) electrons. The Labute approximate surface area is 110 Å². The van der Waals surface area contributed by atoms with E-state index in [1.165, 1.54) is 0 Å². The predicted molar refractivity (Wildman–Crippen MR) is 75.7 cm³/mol. The first kappa shape index (κ1) is 15.0. The van der Waals surface area contributed by atoms with Crippen LogP contribution in [0.4, 0.5) is 0 Å². The van der Waals surface area contributed by atoms with E-state index >= 15 is 0 Å².